The lowest BCUT2D eigenvalue weighted by Gasteiger charge is -2.35. The first-order chi connectivity index (χ1) is 28.8. The van der Waals surface area contributed by atoms with Crippen LogP contribution in [0.25, 0.3) is 10.4 Å². The molecule has 0 spiro atoms. The predicted octanol–water partition coefficient (Wildman–Crippen LogP) is -2.90. The van der Waals surface area contributed by atoms with Gasteiger partial charge in [0.2, 0.25) is 59.1 Å². The third-order valence-electron chi connectivity index (χ3n) is 9.43. The lowest BCUT2D eigenvalue weighted by Crippen LogP contribution is -2.58. The van der Waals surface area contributed by atoms with Crippen LogP contribution in [0.4, 0.5) is 0 Å². The third kappa shape index (κ3) is 14.3. The standard InChI is InChI=1S/C38H51N11O10S2/c1-20-32(61-19-45-20)22-9-7-21(8-10-22)31-36(58)44-15-28(53)42-16-29(54)46-23(34(56)43-14-27(52)41-13-26(51)40-12-25(39)50)17-60-18-30(55)47-33(38(2,3)4)37(59)49-11-5-6-24(49)35(57)48-31/h7-10,19,23-24,31,33H,5-6,11-18H2,1-4H3,(H2,39,50)(H,40,51)(H,41,52)(H,42,53)(H,43,56)(H,44,58)(H,46,54)(H,47,55)(H,48,57)/t23-,24+,31-,33-/m1/s1. The Kier molecular flexibility index (Phi) is 17.1. The summed E-state index contributed by atoms with van der Waals surface area (Å²) in [6.07, 6.45) is 0.768. The van der Waals surface area contributed by atoms with E-state index in [0.29, 0.717) is 12.0 Å². The Hall–Kier alpha value is -6.10. The molecule has 21 nitrogen and oxygen atoms in total. The summed E-state index contributed by atoms with van der Waals surface area (Å²) in [5.41, 5.74) is 7.90. The Balaban J connectivity index is 1.54. The van der Waals surface area contributed by atoms with Gasteiger partial charge in [0.05, 0.1) is 54.6 Å². The second-order valence-corrected chi connectivity index (χ2v) is 17.1. The number of carbonyl (C=O) groups excluding carboxylic acids is 10. The molecule has 2 saturated heterocycles. The topological polar surface area (TPSA) is 309 Å². The van der Waals surface area contributed by atoms with E-state index in [1.165, 1.54) is 16.2 Å². The van der Waals surface area contributed by atoms with Gasteiger partial charge in [-0.05, 0) is 36.3 Å². The normalized spacial score (nSPS) is 21.3. The van der Waals surface area contributed by atoms with Crippen LogP contribution in [0.5, 0.6) is 0 Å². The largest absolute Gasteiger partial charge is 0.368 e. The number of nitrogens with two attached hydrogens (primary N) is 1. The molecule has 10 N–H and O–H groups in total. The van der Waals surface area contributed by atoms with E-state index in [1.807, 2.05) is 6.92 Å². The van der Waals surface area contributed by atoms with Gasteiger partial charge >= 0.3 is 0 Å². The molecule has 2 fully saturated rings. The van der Waals surface area contributed by atoms with Crippen LogP contribution in [-0.2, 0) is 47.9 Å². The van der Waals surface area contributed by atoms with E-state index in [9.17, 15) is 47.9 Å². The molecule has 2 aromatic rings. The second-order valence-electron chi connectivity index (χ2n) is 15.3. The van der Waals surface area contributed by atoms with Crippen LogP contribution in [-0.4, -0.2) is 138 Å². The fraction of sp³-hybridized carbons (Fsp3) is 0.500. The Morgan fingerprint density at radius 3 is 2.13 bits per heavy atom. The van der Waals surface area contributed by atoms with E-state index in [4.69, 9.17) is 5.73 Å². The summed E-state index contributed by atoms with van der Waals surface area (Å²) in [4.78, 5) is 136. The van der Waals surface area contributed by atoms with E-state index in [1.54, 1.807) is 50.5 Å². The highest BCUT2D eigenvalue weighted by Crippen LogP contribution is 2.30. The molecule has 330 valence electrons. The Morgan fingerprint density at radius 2 is 1.49 bits per heavy atom. The minimum atomic E-state index is -1.34. The molecule has 23 heteroatoms. The maximum absolute atomic E-state index is 14.2. The fourth-order valence-electron chi connectivity index (χ4n) is 6.25. The number of nitrogens with one attached hydrogen (secondary N) is 8. The number of carbonyl (C=O) groups is 10. The van der Waals surface area contributed by atoms with Crippen molar-refractivity contribution < 1.29 is 47.9 Å². The number of aryl methyl sites for hydroxylation is 1. The van der Waals surface area contributed by atoms with Crippen LogP contribution in [0.2, 0.25) is 0 Å². The first-order valence-electron chi connectivity index (χ1n) is 19.3. The molecule has 2 aliphatic rings. The molecule has 1 aromatic heterocycles. The number of thioether (sulfide) groups is 1. The molecule has 0 aliphatic carbocycles. The van der Waals surface area contributed by atoms with Gasteiger partial charge in [-0.2, -0.15) is 0 Å². The number of aromatic nitrogens is 1. The van der Waals surface area contributed by atoms with Gasteiger partial charge in [-0.1, -0.05) is 45.0 Å². The van der Waals surface area contributed by atoms with Crippen LogP contribution >= 0.6 is 23.1 Å². The average Bonchev–Trinajstić information content (AvgIpc) is 3.89. The summed E-state index contributed by atoms with van der Waals surface area (Å²) in [6.45, 7) is 4.54. The lowest BCUT2D eigenvalue weighted by molar-refractivity contribution is -0.144. The van der Waals surface area contributed by atoms with Crippen molar-refractivity contribution in [3.05, 3.63) is 41.0 Å². The molecule has 0 bridgehead atoms. The molecule has 3 heterocycles. The van der Waals surface area contributed by atoms with Crippen molar-refractivity contribution in [3.63, 3.8) is 0 Å². The lowest BCUT2D eigenvalue weighted by atomic mass is 9.85. The maximum Gasteiger partial charge on any atom is 0.247 e. The zero-order valence-corrected chi connectivity index (χ0v) is 35.8. The number of hydrogen-bond donors (Lipinski definition) is 9. The number of nitrogens with zero attached hydrogens (tertiary/aromatic N) is 2. The quantitative estimate of drug-likeness (QED) is 0.123. The smallest absolute Gasteiger partial charge is 0.247 e. The summed E-state index contributed by atoms with van der Waals surface area (Å²) in [7, 11) is 0. The zero-order chi connectivity index (χ0) is 44.9. The summed E-state index contributed by atoms with van der Waals surface area (Å²) >= 11 is 2.38. The third-order valence-corrected chi connectivity index (χ3v) is 11.4. The monoisotopic (exact) mass is 885 g/mol. The van der Waals surface area contributed by atoms with Crippen LogP contribution in [0.3, 0.4) is 0 Å². The highest BCUT2D eigenvalue weighted by molar-refractivity contribution is 8.00. The Bertz CT molecular complexity index is 2000. The number of amides is 10. The van der Waals surface area contributed by atoms with Gasteiger partial charge in [-0.3, -0.25) is 47.9 Å². The zero-order valence-electron chi connectivity index (χ0n) is 34.1. The molecule has 2 aliphatic heterocycles. The fourth-order valence-corrected chi connectivity index (χ4v) is 7.92. The van der Waals surface area contributed by atoms with Gasteiger partial charge in [-0.15, -0.1) is 23.1 Å². The van der Waals surface area contributed by atoms with Crippen LogP contribution in [0.1, 0.15) is 50.9 Å². The maximum atomic E-state index is 14.2. The first kappa shape index (κ1) is 47.6. The molecular formula is C38H51N11O10S2. The van der Waals surface area contributed by atoms with Gasteiger partial charge in [0.15, 0.2) is 0 Å². The molecule has 4 rings (SSSR count). The SMILES string of the molecule is Cc1ncsc1-c1ccc([C@H]2NC(=O)[C@@H]3CCCN3C(=O)[C@H](C(C)(C)C)NC(=O)CSC[C@H](C(=O)NCC(=O)NCC(=O)NCC(N)=O)NC(=O)CNC(=O)CNC2=O)cc1. The second kappa shape index (κ2) is 21.9. The van der Waals surface area contributed by atoms with E-state index in [-0.39, 0.29) is 24.5 Å². The molecule has 0 saturated carbocycles. The summed E-state index contributed by atoms with van der Waals surface area (Å²) in [5.74, 6) is -7.63. The highest BCUT2D eigenvalue weighted by atomic mass is 32.2. The number of benzene rings is 1. The average molecular weight is 886 g/mol. The van der Waals surface area contributed by atoms with Crippen molar-refractivity contribution in [1.29, 1.82) is 0 Å². The van der Waals surface area contributed by atoms with Crippen molar-refractivity contribution in [2.45, 2.75) is 64.7 Å². The van der Waals surface area contributed by atoms with Gasteiger partial charge in [0.1, 0.15) is 24.2 Å². The number of rotatable bonds is 9. The molecule has 61 heavy (non-hydrogen) atoms. The van der Waals surface area contributed by atoms with Crippen LogP contribution in [0, 0.1) is 12.3 Å². The van der Waals surface area contributed by atoms with Crippen LogP contribution in [0.15, 0.2) is 29.8 Å². The molecule has 1 aromatic carbocycles. The predicted molar refractivity (Wildman–Crippen MR) is 223 cm³/mol. The molecule has 0 unspecified atom stereocenters. The van der Waals surface area contributed by atoms with Crippen molar-refractivity contribution in [2.24, 2.45) is 11.1 Å². The van der Waals surface area contributed by atoms with E-state index >= 15 is 0 Å². The van der Waals surface area contributed by atoms with Crippen LogP contribution < -0.4 is 48.3 Å². The minimum absolute atomic E-state index is 0.194. The molecule has 4 atom stereocenters. The van der Waals surface area contributed by atoms with E-state index < -0.39 is 121 Å². The highest BCUT2D eigenvalue weighted by Gasteiger charge is 2.42. The summed E-state index contributed by atoms with van der Waals surface area (Å²) in [6, 6.07) is 2.18. The van der Waals surface area contributed by atoms with E-state index in [2.05, 4.69) is 47.5 Å². The molecular weight excluding hydrogens is 835 g/mol. The number of fused-ring (bicyclic) bond motifs is 1. The minimum Gasteiger partial charge on any atom is -0.368 e. The number of hydrogen-bond acceptors (Lipinski definition) is 13. The van der Waals surface area contributed by atoms with Crippen molar-refractivity contribution in [1.82, 2.24) is 52.4 Å². The molecule has 10 amide bonds. The molecule has 0 radical (unpaired) electrons. The summed E-state index contributed by atoms with van der Waals surface area (Å²) < 4.78 is 0. The van der Waals surface area contributed by atoms with E-state index in [0.717, 1.165) is 27.9 Å². The van der Waals surface area contributed by atoms with Gasteiger partial charge in [0.25, 0.3) is 0 Å². The van der Waals surface area contributed by atoms with Crippen molar-refractivity contribution in [2.75, 3.05) is 50.8 Å². The first-order valence-corrected chi connectivity index (χ1v) is 21.3. The van der Waals surface area contributed by atoms with Gasteiger partial charge < -0.3 is 53.2 Å². The number of primary amides is 1. The van der Waals surface area contributed by atoms with Crippen molar-refractivity contribution >= 4 is 82.2 Å². The Labute approximate surface area is 359 Å². The number of thiazole rings is 1. The summed E-state index contributed by atoms with van der Waals surface area (Å²) in [5, 5.41) is 19.6. The van der Waals surface area contributed by atoms with Crippen molar-refractivity contribution in [3.8, 4) is 10.4 Å². The van der Waals surface area contributed by atoms with Gasteiger partial charge in [0, 0.05) is 12.3 Å². The van der Waals surface area contributed by atoms with Gasteiger partial charge in [-0.25, -0.2) is 4.98 Å². The Morgan fingerprint density at radius 1 is 0.836 bits per heavy atom.